The molecule has 1 aromatic rings. The molecule has 0 spiro atoms. The Bertz CT molecular complexity index is 397. The lowest BCUT2D eigenvalue weighted by molar-refractivity contribution is 0.373. The smallest absolute Gasteiger partial charge is 0.211 e. The monoisotopic (exact) mass is 208 g/mol. The van der Waals surface area contributed by atoms with Crippen molar-refractivity contribution in [2.75, 3.05) is 7.11 Å². The minimum absolute atomic E-state index is 0.00505. The molecule has 1 rings (SSSR count). The Morgan fingerprint density at radius 2 is 2.20 bits per heavy atom. The number of rotatable bonds is 3. The molecule has 0 fully saturated rings. The van der Waals surface area contributed by atoms with Gasteiger partial charge in [0.2, 0.25) is 5.96 Å². The fourth-order valence-electron chi connectivity index (χ4n) is 0.966. The van der Waals surface area contributed by atoms with Crippen LogP contribution in [0.15, 0.2) is 28.4 Å². The van der Waals surface area contributed by atoms with Gasteiger partial charge in [0.05, 0.1) is 13.3 Å². The Morgan fingerprint density at radius 1 is 1.47 bits per heavy atom. The highest BCUT2D eigenvalue weighted by Gasteiger charge is 2.04. The van der Waals surface area contributed by atoms with Crippen LogP contribution in [0.4, 0.5) is 0 Å². The van der Waals surface area contributed by atoms with Crippen LogP contribution in [0.25, 0.3) is 0 Å². The molecular weight excluding hydrogens is 196 g/mol. The highest BCUT2D eigenvalue weighted by molar-refractivity contribution is 5.85. The first-order valence-corrected chi connectivity index (χ1v) is 4.13. The molecule has 0 atom stereocenters. The second-order valence-corrected chi connectivity index (χ2v) is 2.67. The van der Waals surface area contributed by atoms with Crippen molar-refractivity contribution < 1.29 is 9.84 Å². The summed E-state index contributed by atoms with van der Waals surface area (Å²) in [5.74, 6) is 0.215. The van der Waals surface area contributed by atoms with E-state index in [0.717, 1.165) is 0 Å². The van der Waals surface area contributed by atoms with Crippen molar-refractivity contribution in [3.8, 4) is 11.5 Å². The minimum atomic E-state index is -0.145. The predicted molar refractivity (Wildman–Crippen MR) is 58.1 cm³/mol. The van der Waals surface area contributed by atoms with Gasteiger partial charge < -0.3 is 21.3 Å². The van der Waals surface area contributed by atoms with E-state index < -0.39 is 0 Å². The van der Waals surface area contributed by atoms with Crippen LogP contribution >= 0.6 is 0 Å². The van der Waals surface area contributed by atoms with Gasteiger partial charge >= 0.3 is 0 Å². The molecule has 0 bridgehead atoms. The molecule has 0 aliphatic heterocycles. The summed E-state index contributed by atoms with van der Waals surface area (Å²) in [6, 6.07) is 5.01. The Kier molecular flexibility index (Phi) is 3.50. The number of phenolic OH excluding ortho intramolecular Hbond substituents is 1. The van der Waals surface area contributed by atoms with E-state index in [1.807, 2.05) is 0 Å². The summed E-state index contributed by atoms with van der Waals surface area (Å²) in [5, 5.41) is 16.6. The number of para-hydroxylation sites is 1. The first-order valence-electron chi connectivity index (χ1n) is 4.13. The summed E-state index contributed by atoms with van der Waals surface area (Å²) in [4.78, 5) is 0. The van der Waals surface area contributed by atoms with Crippen molar-refractivity contribution in [1.29, 1.82) is 0 Å². The van der Waals surface area contributed by atoms with Crippen molar-refractivity contribution in [3.05, 3.63) is 23.8 Å². The number of hydrogen-bond donors (Lipinski definition) is 3. The van der Waals surface area contributed by atoms with E-state index in [4.69, 9.17) is 16.2 Å². The molecule has 0 unspecified atom stereocenters. The molecule has 0 aromatic heterocycles. The lowest BCUT2D eigenvalue weighted by atomic mass is 10.2. The number of nitrogens with zero attached hydrogens (tertiary/aromatic N) is 2. The van der Waals surface area contributed by atoms with E-state index in [-0.39, 0.29) is 11.7 Å². The third-order valence-corrected chi connectivity index (χ3v) is 1.62. The Balaban J connectivity index is 2.95. The van der Waals surface area contributed by atoms with Gasteiger partial charge in [-0.3, -0.25) is 0 Å². The third kappa shape index (κ3) is 2.87. The van der Waals surface area contributed by atoms with Crippen LogP contribution in [0.3, 0.4) is 0 Å². The number of benzene rings is 1. The fourth-order valence-corrected chi connectivity index (χ4v) is 0.966. The maximum Gasteiger partial charge on any atom is 0.211 e. The van der Waals surface area contributed by atoms with E-state index >= 15 is 0 Å². The van der Waals surface area contributed by atoms with Gasteiger partial charge in [-0.15, -0.1) is 5.10 Å². The summed E-state index contributed by atoms with van der Waals surface area (Å²) in [5.41, 5.74) is 10.6. The molecule has 6 nitrogen and oxygen atoms in total. The molecule has 0 heterocycles. The van der Waals surface area contributed by atoms with Gasteiger partial charge in [0.1, 0.15) is 0 Å². The maximum atomic E-state index is 9.63. The Hall–Kier alpha value is -2.24. The summed E-state index contributed by atoms with van der Waals surface area (Å²) >= 11 is 0. The van der Waals surface area contributed by atoms with Gasteiger partial charge in [0, 0.05) is 5.56 Å². The second kappa shape index (κ2) is 4.85. The Morgan fingerprint density at radius 3 is 2.80 bits per heavy atom. The summed E-state index contributed by atoms with van der Waals surface area (Å²) in [7, 11) is 1.46. The zero-order valence-electron chi connectivity index (χ0n) is 8.21. The summed E-state index contributed by atoms with van der Waals surface area (Å²) in [6.07, 6.45) is 1.33. The molecule has 0 aliphatic rings. The number of phenols is 1. The zero-order valence-corrected chi connectivity index (χ0v) is 8.21. The number of nitrogens with two attached hydrogens (primary N) is 2. The molecule has 0 aliphatic carbocycles. The number of aromatic hydroxyl groups is 1. The van der Waals surface area contributed by atoms with Gasteiger partial charge in [0.25, 0.3) is 0 Å². The number of ether oxygens (including phenoxy) is 1. The van der Waals surface area contributed by atoms with Crippen LogP contribution < -0.4 is 16.2 Å². The zero-order chi connectivity index (χ0) is 11.3. The van der Waals surface area contributed by atoms with E-state index in [9.17, 15) is 5.11 Å². The second-order valence-electron chi connectivity index (χ2n) is 2.67. The quantitative estimate of drug-likeness (QED) is 0.369. The van der Waals surface area contributed by atoms with Crippen LogP contribution in [0.2, 0.25) is 0 Å². The summed E-state index contributed by atoms with van der Waals surface area (Å²) < 4.78 is 4.92. The third-order valence-electron chi connectivity index (χ3n) is 1.62. The molecule has 0 amide bonds. The van der Waals surface area contributed by atoms with Gasteiger partial charge in [-0.25, -0.2) is 0 Å². The average Bonchev–Trinajstić information content (AvgIpc) is 2.20. The standard InChI is InChI=1S/C9H12N4O2/c1-15-7-4-2-3-6(8(7)14)5-12-13-9(10)11/h2-5,14H,1H3,(H4,10,11,13). The topological polar surface area (TPSA) is 106 Å². The van der Waals surface area contributed by atoms with Crippen LogP contribution in [0, 0.1) is 0 Å². The lowest BCUT2D eigenvalue weighted by Crippen LogP contribution is -2.21. The highest BCUT2D eigenvalue weighted by atomic mass is 16.5. The largest absolute Gasteiger partial charge is 0.504 e. The van der Waals surface area contributed by atoms with Gasteiger partial charge in [-0.1, -0.05) is 6.07 Å². The molecule has 1 aromatic carbocycles. The van der Waals surface area contributed by atoms with Gasteiger partial charge in [-0.2, -0.15) is 5.10 Å². The molecule has 5 N–H and O–H groups in total. The van der Waals surface area contributed by atoms with E-state index in [2.05, 4.69) is 10.2 Å². The predicted octanol–water partition coefficient (Wildman–Crippen LogP) is 0.00810. The molecule has 0 saturated carbocycles. The highest BCUT2D eigenvalue weighted by Crippen LogP contribution is 2.27. The molecule has 0 saturated heterocycles. The average molecular weight is 208 g/mol. The first-order chi connectivity index (χ1) is 7.15. The first kappa shape index (κ1) is 10.8. The van der Waals surface area contributed by atoms with Crippen molar-refractivity contribution in [3.63, 3.8) is 0 Å². The van der Waals surface area contributed by atoms with Crippen molar-refractivity contribution in [1.82, 2.24) is 0 Å². The normalized spacial score (nSPS) is 10.2. The van der Waals surface area contributed by atoms with Crippen LogP contribution in [-0.2, 0) is 0 Å². The fraction of sp³-hybridized carbons (Fsp3) is 0.111. The van der Waals surface area contributed by atoms with Crippen LogP contribution in [-0.4, -0.2) is 24.4 Å². The van der Waals surface area contributed by atoms with Crippen LogP contribution in [0.1, 0.15) is 5.56 Å². The van der Waals surface area contributed by atoms with E-state index in [0.29, 0.717) is 11.3 Å². The SMILES string of the molecule is COc1cccc(C=NN=C(N)N)c1O. The lowest BCUT2D eigenvalue weighted by Gasteiger charge is -2.04. The van der Waals surface area contributed by atoms with Crippen molar-refractivity contribution in [2.24, 2.45) is 21.7 Å². The number of methoxy groups -OCH3 is 1. The van der Waals surface area contributed by atoms with Gasteiger partial charge in [0.15, 0.2) is 11.5 Å². The Labute approximate surface area is 86.9 Å². The van der Waals surface area contributed by atoms with Crippen molar-refractivity contribution >= 4 is 12.2 Å². The van der Waals surface area contributed by atoms with E-state index in [1.165, 1.54) is 13.3 Å². The van der Waals surface area contributed by atoms with Crippen molar-refractivity contribution in [2.45, 2.75) is 0 Å². The van der Waals surface area contributed by atoms with Gasteiger partial charge in [-0.05, 0) is 12.1 Å². The molecule has 6 heteroatoms. The molecule has 15 heavy (non-hydrogen) atoms. The number of hydrogen-bond acceptors (Lipinski definition) is 4. The maximum absolute atomic E-state index is 9.63. The molecule has 0 radical (unpaired) electrons. The van der Waals surface area contributed by atoms with E-state index in [1.54, 1.807) is 18.2 Å². The molecule has 80 valence electrons. The van der Waals surface area contributed by atoms with Crippen LogP contribution in [0.5, 0.6) is 11.5 Å². The minimum Gasteiger partial charge on any atom is -0.504 e. The molecular formula is C9H12N4O2. The number of guanidine groups is 1. The summed E-state index contributed by atoms with van der Waals surface area (Å²) in [6.45, 7) is 0.